The average Bonchev–Trinajstić information content (AvgIpc) is 2.88. The highest BCUT2D eigenvalue weighted by molar-refractivity contribution is 6.63. The Morgan fingerprint density at radius 3 is 2.29 bits per heavy atom. The van der Waals surface area contributed by atoms with Gasteiger partial charge >= 0.3 is 7.12 Å². The van der Waals surface area contributed by atoms with Gasteiger partial charge in [-0.2, -0.15) is 5.10 Å². The second-order valence-electron chi connectivity index (χ2n) is 8.42. The first-order valence-electron chi connectivity index (χ1n) is 8.44. The fourth-order valence-electron chi connectivity index (χ4n) is 3.03. The van der Waals surface area contributed by atoms with E-state index in [0.29, 0.717) is 6.54 Å². The predicted octanol–water partition coefficient (Wildman–Crippen LogP) is 2.41. The summed E-state index contributed by atoms with van der Waals surface area (Å²) in [6, 6.07) is 4.07. The summed E-state index contributed by atoms with van der Waals surface area (Å²) in [6.45, 7) is 14.3. The number of benzene rings is 1. The van der Waals surface area contributed by atoms with Crippen molar-refractivity contribution >= 4 is 23.5 Å². The summed E-state index contributed by atoms with van der Waals surface area (Å²) in [5.74, 6) is 0. The van der Waals surface area contributed by atoms with Gasteiger partial charge in [-0.3, -0.25) is 4.68 Å². The zero-order valence-electron chi connectivity index (χ0n) is 15.7. The molecule has 1 aromatic carbocycles. The van der Waals surface area contributed by atoms with Crippen LogP contribution in [0.25, 0.3) is 10.9 Å². The Kier molecular flexibility index (Phi) is 3.87. The van der Waals surface area contributed by atoms with Crippen molar-refractivity contribution in [3.05, 3.63) is 23.9 Å². The summed E-state index contributed by atoms with van der Waals surface area (Å²) in [7, 11) is -0.378. The van der Waals surface area contributed by atoms with Crippen molar-refractivity contribution in [2.45, 2.75) is 71.8 Å². The van der Waals surface area contributed by atoms with Crippen molar-refractivity contribution in [1.82, 2.24) is 9.78 Å². The molecule has 0 amide bonds. The van der Waals surface area contributed by atoms with E-state index < -0.39 is 5.60 Å². The van der Waals surface area contributed by atoms with Crippen LogP contribution in [0.1, 0.15) is 47.1 Å². The SMILES string of the molecule is Cc1c(B2OC(C)(C)C(C)(C)O2)ccc2c1cnn2CC(C)(C)O. The lowest BCUT2D eigenvalue weighted by Crippen LogP contribution is -2.41. The van der Waals surface area contributed by atoms with E-state index in [-0.39, 0.29) is 18.3 Å². The lowest BCUT2D eigenvalue weighted by Gasteiger charge is -2.32. The van der Waals surface area contributed by atoms with Crippen molar-refractivity contribution in [2.75, 3.05) is 0 Å². The fourth-order valence-corrected chi connectivity index (χ4v) is 3.03. The number of fused-ring (bicyclic) bond motifs is 1. The zero-order valence-corrected chi connectivity index (χ0v) is 15.7. The molecule has 0 saturated carbocycles. The lowest BCUT2D eigenvalue weighted by molar-refractivity contribution is 0.00578. The van der Waals surface area contributed by atoms with Crippen LogP contribution in [0.5, 0.6) is 0 Å². The highest BCUT2D eigenvalue weighted by Gasteiger charge is 2.52. The predicted molar refractivity (Wildman–Crippen MR) is 96.5 cm³/mol. The Morgan fingerprint density at radius 2 is 1.75 bits per heavy atom. The first-order chi connectivity index (χ1) is 10.9. The molecule has 0 aliphatic carbocycles. The average molecular weight is 330 g/mol. The van der Waals surface area contributed by atoms with Gasteiger partial charge in [-0.05, 0) is 65.6 Å². The van der Waals surface area contributed by atoms with Gasteiger partial charge in [0.25, 0.3) is 0 Å². The van der Waals surface area contributed by atoms with Crippen molar-refractivity contribution in [1.29, 1.82) is 0 Å². The topological polar surface area (TPSA) is 56.5 Å². The Morgan fingerprint density at radius 1 is 1.17 bits per heavy atom. The molecule has 0 radical (unpaired) electrons. The van der Waals surface area contributed by atoms with E-state index in [0.717, 1.165) is 21.9 Å². The summed E-state index contributed by atoms with van der Waals surface area (Å²) < 4.78 is 14.2. The Labute approximate surface area is 144 Å². The molecule has 1 aliphatic heterocycles. The van der Waals surface area contributed by atoms with Crippen LogP contribution in [0.3, 0.4) is 0 Å². The minimum Gasteiger partial charge on any atom is -0.399 e. The molecule has 1 saturated heterocycles. The van der Waals surface area contributed by atoms with Crippen LogP contribution < -0.4 is 5.46 Å². The molecule has 3 rings (SSSR count). The van der Waals surface area contributed by atoms with Crippen LogP contribution in [0, 0.1) is 6.92 Å². The number of aromatic nitrogens is 2. The minimum absolute atomic E-state index is 0.357. The molecule has 0 unspecified atom stereocenters. The fraction of sp³-hybridized carbons (Fsp3) is 0.611. The third-order valence-electron chi connectivity index (χ3n) is 5.18. The molecule has 6 heteroatoms. The number of nitrogens with zero attached hydrogens (tertiary/aromatic N) is 2. The number of aryl methyl sites for hydroxylation is 1. The monoisotopic (exact) mass is 330 g/mol. The Bertz CT molecular complexity index is 758. The maximum atomic E-state index is 10.1. The molecule has 5 nitrogen and oxygen atoms in total. The van der Waals surface area contributed by atoms with E-state index in [1.54, 1.807) is 13.8 Å². The van der Waals surface area contributed by atoms with Gasteiger partial charge in [0, 0.05) is 5.39 Å². The van der Waals surface area contributed by atoms with Gasteiger partial charge in [-0.1, -0.05) is 6.07 Å². The summed E-state index contributed by atoms with van der Waals surface area (Å²) in [6.07, 6.45) is 1.85. The molecule has 1 aromatic heterocycles. The van der Waals surface area contributed by atoms with Gasteiger partial charge in [-0.15, -0.1) is 0 Å². The standard InChI is InChI=1S/C18H27BN2O3/c1-12-13-10-20-21(11-16(2,3)22)15(13)9-8-14(12)19-23-17(4,5)18(6,7)24-19/h8-10,22H,11H2,1-7H3. The molecular formula is C18H27BN2O3. The first-order valence-corrected chi connectivity index (χ1v) is 8.44. The number of aliphatic hydroxyl groups is 1. The van der Waals surface area contributed by atoms with Crippen molar-refractivity contribution < 1.29 is 14.4 Å². The minimum atomic E-state index is -0.808. The van der Waals surface area contributed by atoms with Crippen LogP contribution >= 0.6 is 0 Å². The van der Waals surface area contributed by atoms with Crippen LogP contribution in [-0.4, -0.2) is 38.8 Å². The van der Waals surface area contributed by atoms with Crippen molar-refractivity contribution in [2.24, 2.45) is 0 Å². The molecule has 2 heterocycles. The maximum absolute atomic E-state index is 10.1. The van der Waals surface area contributed by atoms with Crippen LogP contribution in [0.4, 0.5) is 0 Å². The largest absolute Gasteiger partial charge is 0.495 e. The zero-order chi connectivity index (χ0) is 17.9. The molecule has 1 fully saturated rings. The van der Waals surface area contributed by atoms with E-state index in [9.17, 15) is 5.11 Å². The molecule has 0 spiro atoms. The smallest absolute Gasteiger partial charge is 0.399 e. The summed E-state index contributed by atoms with van der Waals surface area (Å²) in [5, 5.41) is 15.6. The molecule has 130 valence electrons. The van der Waals surface area contributed by atoms with E-state index in [2.05, 4.69) is 39.7 Å². The third kappa shape index (κ3) is 2.87. The third-order valence-corrected chi connectivity index (χ3v) is 5.18. The second kappa shape index (κ2) is 5.31. The summed E-state index contributed by atoms with van der Waals surface area (Å²) >= 11 is 0. The molecular weight excluding hydrogens is 303 g/mol. The van der Waals surface area contributed by atoms with Gasteiger partial charge in [0.2, 0.25) is 0 Å². The van der Waals surface area contributed by atoms with Gasteiger partial charge in [0.05, 0.1) is 35.1 Å². The van der Waals surface area contributed by atoms with Gasteiger partial charge in [0.1, 0.15) is 0 Å². The Balaban J connectivity index is 1.99. The molecule has 1 N–H and O–H groups in total. The van der Waals surface area contributed by atoms with E-state index >= 15 is 0 Å². The molecule has 1 aliphatic rings. The van der Waals surface area contributed by atoms with Crippen LogP contribution in [0.15, 0.2) is 18.3 Å². The summed E-state index contributed by atoms with van der Waals surface area (Å²) in [4.78, 5) is 0. The quantitative estimate of drug-likeness (QED) is 0.878. The highest BCUT2D eigenvalue weighted by atomic mass is 16.7. The molecule has 24 heavy (non-hydrogen) atoms. The maximum Gasteiger partial charge on any atom is 0.495 e. The van der Waals surface area contributed by atoms with E-state index in [4.69, 9.17) is 9.31 Å². The van der Waals surface area contributed by atoms with Crippen molar-refractivity contribution in [3.63, 3.8) is 0 Å². The van der Waals surface area contributed by atoms with E-state index in [1.165, 1.54) is 0 Å². The lowest BCUT2D eigenvalue weighted by atomic mass is 9.75. The summed E-state index contributed by atoms with van der Waals surface area (Å²) in [5.41, 5.74) is 1.62. The normalized spacial score (nSPS) is 20.1. The van der Waals surface area contributed by atoms with E-state index in [1.807, 2.05) is 23.0 Å². The van der Waals surface area contributed by atoms with Gasteiger partial charge in [-0.25, -0.2) is 0 Å². The van der Waals surface area contributed by atoms with Gasteiger partial charge in [0.15, 0.2) is 0 Å². The second-order valence-corrected chi connectivity index (χ2v) is 8.42. The first kappa shape index (κ1) is 17.5. The highest BCUT2D eigenvalue weighted by Crippen LogP contribution is 2.37. The molecule has 0 bridgehead atoms. The van der Waals surface area contributed by atoms with Crippen LogP contribution in [0.2, 0.25) is 0 Å². The Hall–Kier alpha value is -1.37. The number of rotatable bonds is 3. The van der Waals surface area contributed by atoms with Crippen molar-refractivity contribution in [3.8, 4) is 0 Å². The number of hydrogen-bond donors (Lipinski definition) is 1. The molecule has 0 atom stereocenters. The van der Waals surface area contributed by atoms with Gasteiger partial charge < -0.3 is 14.4 Å². The number of hydrogen-bond acceptors (Lipinski definition) is 4. The molecule has 2 aromatic rings. The van der Waals surface area contributed by atoms with Crippen LogP contribution in [-0.2, 0) is 15.9 Å².